The molecule has 3 nitrogen and oxygen atoms in total. The van der Waals surface area contributed by atoms with Gasteiger partial charge in [-0.05, 0) is 83.2 Å². The number of nitrogens with zero attached hydrogens (tertiary/aromatic N) is 1. The minimum atomic E-state index is 0.311. The first-order valence-electron chi connectivity index (χ1n) is 10.4. The SMILES string of the molecule is COc1ccc(C2Cc3ccc(OC)cc3C(Cc3ccccc3C#N)C2C)cc1. The van der Waals surface area contributed by atoms with E-state index in [0.717, 1.165) is 35.5 Å². The Labute approximate surface area is 178 Å². The first kappa shape index (κ1) is 20.0. The van der Waals surface area contributed by atoms with E-state index in [1.54, 1.807) is 14.2 Å². The van der Waals surface area contributed by atoms with Crippen molar-refractivity contribution in [1.82, 2.24) is 0 Å². The highest BCUT2D eigenvalue weighted by Gasteiger charge is 2.35. The molecule has 0 N–H and O–H groups in total. The van der Waals surface area contributed by atoms with E-state index in [4.69, 9.17) is 9.47 Å². The summed E-state index contributed by atoms with van der Waals surface area (Å²) < 4.78 is 10.9. The van der Waals surface area contributed by atoms with Crippen LogP contribution in [0.5, 0.6) is 11.5 Å². The molecule has 0 amide bonds. The second kappa shape index (κ2) is 8.63. The van der Waals surface area contributed by atoms with E-state index in [1.807, 2.05) is 30.3 Å². The van der Waals surface area contributed by atoms with Gasteiger partial charge in [-0.15, -0.1) is 0 Å². The van der Waals surface area contributed by atoms with Gasteiger partial charge in [-0.1, -0.05) is 43.3 Å². The van der Waals surface area contributed by atoms with Crippen LogP contribution in [0.2, 0.25) is 0 Å². The van der Waals surface area contributed by atoms with E-state index in [-0.39, 0.29) is 0 Å². The third-order valence-electron chi connectivity index (χ3n) is 6.58. The van der Waals surface area contributed by atoms with Gasteiger partial charge in [0.15, 0.2) is 0 Å². The van der Waals surface area contributed by atoms with E-state index in [2.05, 4.69) is 49.4 Å². The zero-order chi connectivity index (χ0) is 21.1. The summed E-state index contributed by atoms with van der Waals surface area (Å²) in [5.41, 5.74) is 5.93. The van der Waals surface area contributed by atoms with Gasteiger partial charge < -0.3 is 9.47 Å². The number of rotatable bonds is 5. The third-order valence-corrected chi connectivity index (χ3v) is 6.58. The van der Waals surface area contributed by atoms with Crippen LogP contribution in [0.1, 0.15) is 46.6 Å². The monoisotopic (exact) mass is 397 g/mol. The molecule has 0 radical (unpaired) electrons. The van der Waals surface area contributed by atoms with E-state index >= 15 is 0 Å². The summed E-state index contributed by atoms with van der Waals surface area (Å²) in [5.74, 6) is 2.92. The predicted molar refractivity (Wildman–Crippen MR) is 119 cm³/mol. The molecular weight excluding hydrogens is 370 g/mol. The summed E-state index contributed by atoms with van der Waals surface area (Å²) in [5, 5.41) is 9.59. The van der Waals surface area contributed by atoms with Gasteiger partial charge in [0.25, 0.3) is 0 Å². The van der Waals surface area contributed by atoms with Crippen LogP contribution in [0.15, 0.2) is 66.7 Å². The van der Waals surface area contributed by atoms with Crippen LogP contribution in [0, 0.1) is 17.2 Å². The fourth-order valence-corrected chi connectivity index (χ4v) is 4.83. The van der Waals surface area contributed by atoms with Crippen molar-refractivity contribution in [3.8, 4) is 17.6 Å². The smallest absolute Gasteiger partial charge is 0.119 e. The van der Waals surface area contributed by atoms with Gasteiger partial charge in [-0.2, -0.15) is 5.26 Å². The zero-order valence-corrected chi connectivity index (χ0v) is 17.8. The molecule has 4 rings (SSSR count). The second-order valence-electron chi connectivity index (χ2n) is 8.09. The highest BCUT2D eigenvalue weighted by atomic mass is 16.5. The molecule has 1 aliphatic rings. The van der Waals surface area contributed by atoms with E-state index in [1.165, 1.54) is 16.7 Å². The molecule has 3 heteroatoms. The van der Waals surface area contributed by atoms with Crippen molar-refractivity contribution in [3.63, 3.8) is 0 Å². The Bertz CT molecular complexity index is 1060. The topological polar surface area (TPSA) is 42.2 Å². The Morgan fingerprint density at radius 2 is 1.63 bits per heavy atom. The maximum Gasteiger partial charge on any atom is 0.119 e. The van der Waals surface area contributed by atoms with E-state index in [9.17, 15) is 5.26 Å². The molecule has 0 saturated heterocycles. The van der Waals surface area contributed by atoms with Crippen molar-refractivity contribution in [2.24, 2.45) is 5.92 Å². The standard InChI is InChI=1S/C27H27NO2/c1-18-25(19-8-11-23(29-2)12-9-19)15-21-10-13-24(30-3)16-27(21)26(18)14-20-6-4-5-7-22(20)17-28/h4-13,16,18,25-26H,14-15H2,1-3H3. The maximum atomic E-state index is 9.59. The molecule has 3 aromatic rings. The number of nitriles is 1. The normalized spacial score (nSPS) is 20.1. The fraction of sp³-hybridized carbons (Fsp3) is 0.296. The molecule has 0 aromatic heterocycles. The average molecular weight is 398 g/mol. The molecular formula is C27H27NO2. The van der Waals surface area contributed by atoms with Gasteiger partial charge in [-0.3, -0.25) is 0 Å². The predicted octanol–water partition coefficient (Wildman–Crippen LogP) is 5.88. The lowest BCUT2D eigenvalue weighted by Gasteiger charge is -2.38. The molecule has 30 heavy (non-hydrogen) atoms. The molecule has 0 saturated carbocycles. The molecule has 1 aliphatic carbocycles. The molecule has 3 atom stereocenters. The Kier molecular flexibility index (Phi) is 5.77. The summed E-state index contributed by atoms with van der Waals surface area (Å²) in [4.78, 5) is 0. The van der Waals surface area contributed by atoms with Crippen LogP contribution in [-0.4, -0.2) is 14.2 Å². The van der Waals surface area contributed by atoms with Crippen molar-refractivity contribution < 1.29 is 9.47 Å². The van der Waals surface area contributed by atoms with Crippen molar-refractivity contribution >= 4 is 0 Å². The quantitative estimate of drug-likeness (QED) is 0.540. The number of ether oxygens (including phenoxy) is 2. The molecule has 3 unspecified atom stereocenters. The lowest BCUT2D eigenvalue weighted by Crippen LogP contribution is -2.28. The number of benzene rings is 3. The number of fused-ring (bicyclic) bond motifs is 1. The van der Waals surface area contributed by atoms with Crippen molar-refractivity contribution in [2.75, 3.05) is 14.2 Å². The molecule has 0 fully saturated rings. The average Bonchev–Trinajstić information content (AvgIpc) is 2.80. The number of hydrogen-bond donors (Lipinski definition) is 0. The molecule has 0 spiro atoms. The van der Waals surface area contributed by atoms with Gasteiger partial charge in [0.05, 0.1) is 25.9 Å². The summed E-state index contributed by atoms with van der Waals surface area (Å²) >= 11 is 0. The minimum Gasteiger partial charge on any atom is -0.497 e. The summed E-state index contributed by atoms with van der Waals surface area (Å²) in [6.07, 6.45) is 1.85. The largest absolute Gasteiger partial charge is 0.497 e. The summed E-state index contributed by atoms with van der Waals surface area (Å²) in [6, 6.07) is 25.2. The van der Waals surface area contributed by atoms with Crippen LogP contribution < -0.4 is 9.47 Å². The zero-order valence-electron chi connectivity index (χ0n) is 17.8. The van der Waals surface area contributed by atoms with Gasteiger partial charge in [0.2, 0.25) is 0 Å². The van der Waals surface area contributed by atoms with Crippen LogP contribution in [-0.2, 0) is 12.8 Å². The molecule has 3 aromatic carbocycles. The maximum absolute atomic E-state index is 9.59. The van der Waals surface area contributed by atoms with Gasteiger partial charge in [0, 0.05) is 0 Å². The molecule has 152 valence electrons. The van der Waals surface area contributed by atoms with Crippen molar-refractivity contribution in [2.45, 2.75) is 31.6 Å². The second-order valence-corrected chi connectivity index (χ2v) is 8.09. The molecule has 0 bridgehead atoms. The Morgan fingerprint density at radius 3 is 2.33 bits per heavy atom. The van der Waals surface area contributed by atoms with Gasteiger partial charge in [0.1, 0.15) is 11.5 Å². The van der Waals surface area contributed by atoms with Crippen LogP contribution >= 0.6 is 0 Å². The van der Waals surface area contributed by atoms with Crippen molar-refractivity contribution in [3.05, 3.63) is 94.5 Å². The van der Waals surface area contributed by atoms with Crippen LogP contribution in [0.3, 0.4) is 0 Å². The van der Waals surface area contributed by atoms with E-state index in [0.29, 0.717) is 17.8 Å². The number of methoxy groups -OCH3 is 2. The van der Waals surface area contributed by atoms with Crippen LogP contribution in [0.4, 0.5) is 0 Å². The third kappa shape index (κ3) is 3.78. The number of hydrogen-bond acceptors (Lipinski definition) is 3. The Balaban J connectivity index is 1.76. The highest BCUT2D eigenvalue weighted by Crippen LogP contribution is 2.47. The van der Waals surface area contributed by atoms with Crippen LogP contribution in [0.25, 0.3) is 0 Å². The lowest BCUT2D eigenvalue weighted by atomic mass is 9.65. The van der Waals surface area contributed by atoms with Gasteiger partial charge >= 0.3 is 0 Å². The van der Waals surface area contributed by atoms with Crippen molar-refractivity contribution in [1.29, 1.82) is 5.26 Å². The Morgan fingerprint density at radius 1 is 0.933 bits per heavy atom. The first-order chi connectivity index (χ1) is 14.6. The molecule has 0 heterocycles. The fourth-order valence-electron chi connectivity index (χ4n) is 4.83. The van der Waals surface area contributed by atoms with E-state index < -0.39 is 0 Å². The lowest BCUT2D eigenvalue weighted by molar-refractivity contribution is 0.345. The first-order valence-corrected chi connectivity index (χ1v) is 10.4. The van der Waals surface area contributed by atoms with Gasteiger partial charge in [-0.25, -0.2) is 0 Å². The summed E-state index contributed by atoms with van der Waals surface area (Å²) in [7, 11) is 3.42. The highest BCUT2D eigenvalue weighted by molar-refractivity contribution is 5.46. The molecule has 0 aliphatic heterocycles. The Hall–Kier alpha value is -3.25. The minimum absolute atomic E-state index is 0.311. The summed E-state index contributed by atoms with van der Waals surface area (Å²) in [6.45, 7) is 2.34.